The third-order valence-corrected chi connectivity index (χ3v) is 7.12. The summed E-state index contributed by atoms with van der Waals surface area (Å²) in [6, 6.07) is 16.2. The lowest BCUT2D eigenvalue weighted by Crippen LogP contribution is -2.48. The third kappa shape index (κ3) is 6.10. The molecule has 7 heteroatoms. The maximum absolute atomic E-state index is 12.8. The maximum Gasteiger partial charge on any atom is 0.251 e. The molecule has 2 aromatic carbocycles. The third-order valence-electron chi connectivity index (χ3n) is 7.12. The zero-order valence-electron chi connectivity index (χ0n) is 21.1. The second-order valence-corrected chi connectivity index (χ2v) is 9.24. The van der Waals surface area contributed by atoms with Crippen LogP contribution in [0.15, 0.2) is 53.3 Å². The van der Waals surface area contributed by atoms with Crippen molar-refractivity contribution in [3.63, 3.8) is 0 Å². The van der Waals surface area contributed by atoms with Crippen LogP contribution in [-0.2, 0) is 11.2 Å². The number of fused-ring (bicyclic) bond motifs is 1. The molecule has 1 aliphatic heterocycles. The lowest BCUT2D eigenvalue weighted by molar-refractivity contribution is -0.117. The first kappa shape index (κ1) is 24.9. The minimum Gasteiger partial charge on any atom is -0.369 e. The average Bonchev–Trinajstić information content (AvgIpc) is 2.87. The number of amides is 1. The number of aromatic amines is 1. The van der Waals surface area contributed by atoms with Crippen LogP contribution in [0.25, 0.3) is 10.9 Å². The molecule has 1 amide bonds. The fourth-order valence-electron chi connectivity index (χ4n) is 4.90. The highest BCUT2D eigenvalue weighted by atomic mass is 16.2. The van der Waals surface area contributed by atoms with E-state index in [-0.39, 0.29) is 11.5 Å². The van der Waals surface area contributed by atoms with E-state index in [9.17, 15) is 9.59 Å². The van der Waals surface area contributed by atoms with Crippen molar-refractivity contribution in [1.29, 1.82) is 0 Å². The Morgan fingerprint density at radius 2 is 1.74 bits per heavy atom. The SMILES string of the molecule is CCN(CC)CCc1c(C)c2ccc(NC(=O)CN3CCN(c4ccccc4)CC3)cc2[nH]c1=O. The van der Waals surface area contributed by atoms with Crippen molar-refractivity contribution in [2.45, 2.75) is 27.2 Å². The quantitative estimate of drug-likeness (QED) is 0.496. The van der Waals surface area contributed by atoms with E-state index in [1.807, 2.05) is 31.2 Å². The standard InChI is InChI=1S/C28H37N5O2/c1-4-31(5-2)14-13-25-21(3)24-12-11-22(19-26(24)30-28(25)35)29-27(34)20-32-15-17-33(18-16-32)23-9-7-6-8-10-23/h6-12,19H,4-5,13-18,20H2,1-3H3,(H,29,34)(H,30,35). The van der Waals surface area contributed by atoms with Gasteiger partial charge in [0.2, 0.25) is 5.91 Å². The van der Waals surface area contributed by atoms with Gasteiger partial charge < -0.3 is 20.1 Å². The number of aromatic nitrogens is 1. The monoisotopic (exact) mass is 475 g/mol. The first-order valence-corrected chi connectivity index (χ1v) is 12.7. The number of anilines is 2. The van der Waals surface area contributed by atoms with Gasteiger partial charge in [-0.1, -0.05) is 38.1 Å². The lowest BCUT2D eigenvalue weighted by Gasteiger charge is -2.35. The Morgan fingerprint density at radius 1 is 1.03 bits per heavy atom. The summed E-state index contributed by atoms with van der Waals surface area (Å²) in [5, 5.41) is 4.03. The molecular formula is C28H37N5O2. The van der Waals surface area contributed by atoms with Crippen LogP contribution in [0.1, 0.15) is 25.0 Å². The summed E-state index contributed by atoms with van der Waals surface area (Å²) in [6.07, 6.45) is 0.731. The van der Waals surface area contributed by atoms with Gasteiger partial charge in [0.25, 0.3) is 5.56 Å². The van der Waals surface area contributed by atoms with E-state index in [0.717, 1.165) is 74.3 Å². The minimum atomic E-state index is -0.0399. The zero-order chi connectivity index (χ0) is 24.8. The van der Waals surface area contributed by atoms with Gasteiger partial charge in [-0.15, -0.1) is 0 Å². The van der Waals surface area contributed by atoms with Gasteiger partial charge in [0.15, 0.2) is 0 Å². The molecule has 0 radical (unpaired) electrons. The highest BCUT2D eigenvalue weighted by molar-refractivity contribution is 5.95. The van der Waals surface area contributed by atoms with Crippen LogP contribution in [0.2, 0.25) is 0 Å². The number of H-pyrrole nitrogens is 1. The molecule has 7 nitrogen and oxygen atoms in total. The van der Waals surface area contributed by atoms with Crippen LogP contribution >= 0.6 is 0 Å². The van der Waals surface area contributed by atoms with Crippen LogP contribution in [0.5, 0.6) is 0 Å². The van der Waals surface area contributed by atoms with Crippen molar-refractivity contribution in [1.82, 2.24) is 14.8 Å². The summed E-state index contributed by atoms with van der Waals surface area (Å²) >= 11 is 0. The molecule has 0 saturated carbocycles. The van der Waals surface area contributed by atoms with Crippen molar-refractivity contribution in [2.24, 2.45) is 0 Å². The average molecular weight is 476 g/mol. The summed E-state index contributed by atoms with van der Waals surface area (Å²) < 4.78 is 0. The Hall–Kier alpha value is -3.16. The summed E-state index contributed by atoms with van der Waals surface area (Å²) in [7, 11) is 0. The molecule has 0 aliphatic carbocycles. The van der Waals surface area contributed by atoms with Crippen LogP contribution in [-0.4, -0.2) is 73.0 Å². The predicted octanol–water partition coefficient (Wildman–Crippen LogP) is 3.48. The van der Waals surface area contributed by atoms with Gasteiger partial charge >= 0.3 is 0 Å². The van der Waals surface area contributed by atoms with E-state index in [1.165, 1.54) is 5.69 Å². The smallest absolute Gasteiger partial charge is 0.251 e. The topological polar surface area (TPSA) is 71.7 Å². The second-order valence-electron chi connectivity index (χ2n) is 9.24. The number of hydrogen-bond acceptors (Lipinski definition) is 5. The van der Waals surface area contributed by atoms with E-state index >= 15 is 0 Å². The van der Waals surface area contributed by atoms with Crippen molar-refractivity contribution < 1.29 is 4.79 Å². The van der Waals surface area contributed by atoms with Gasteiger partial charge in [0, 0.05) is 55.0 Å². The molecule has 3 aromatic rings. The predicted molar refractivity (Wildman–Crippen MR) is 145 cm³/mol. The van der Waals surface area contributed by atoms with Crippen molar-refractivity contribution in [2.75, 3.05) is 62.6 Å². The minimum absolute atomic E-state index is 0.0348. The number of carbonyl (C=O) groups is 1. The van der Waals surface area contributed by atoms with Crippen LogP contribution in [0.4, 0.5) is 11.4 Å². The summed E-state index contributed by atoms with van der Waals surface area (Å²) in [4.78, 5) is 35.4. The van der Waals surface area contributed by atoms with Crippen LogP contribution in [0, 0.1) is 6.92 Å². The van der Waals surface area contributed by atoms with Gasteiger partial charge in [0.1, 0.15) is 0 Å². The number of piperazine rings is 1. The number of pyridine rings is 1. The van der Waals surface area contributed by atoms with Gasteiger partial charge in [-0.2, -0.15) is 0 Å². The highest BCUT2D eigenvalue weighted by Gasteiger charge is 2.19. The molecule has 35 heavy (non-hydrogen) atoms. The van der Waals surface area contributed by atoms with Crippen molar-refractivity contribution >= 4 is 28.2 Å². The lowest BCUT2D eigenvalue weighted by atomic mass is 10.0. The Labute approximate surface area is 207 Å². The number of likely N-dealkylation sites (N-methyl/N-ethyl adjacent to an activating group) is 1. The normalized spacial score (nSPS) is 14.6. The van der Waals surface area contributed by atoms with E-state index in [1.54, 1.807) is 0 Å². The van der Waals surface area contributed by atoms with E-state index in [4.69, 9.17) is 0 Å². The fourth-order valence-corrected chi connectivity index (χ4v) is 4.90. The van der Waals surface area contributed by atoms with Crippen molar-refractivity contribution in [3.8, 4) is 0 Å². The molecule has 2 heterocycles. The van der Waals surface area contributed by atoms with Gasteiger partial charge in [0.05, 0.1) is 12.1 Å². The Balaban J connectivity index is 1.36. The molecule has 0 unspecified atom stereocenters. The molecule has 1 saturated heterocycles. The molecule has 0 spiro atoms. The first-order valence-electron chi connectivity index (χ1n) is 12.7. The number of nitrogens with one attached hydrogen (secondary N) is 2. The number of rotatable bonds is 9. The molecule has 1 aromatic heterocycles. The number of hydrogen-bond donors (Lipinski definition) is 2. The first-order chi connectivity index (χ1) is 17.0. The summed E-state index contributed by atoms with van der Waals surface area (Å²) in [6.45, 7) is 13.0. The fraction of sp³-hybridized carbons (Fsp3) is 0.429. The van der Waals surface area contributed by atoms with Gasteiger partial charge in [-0.05, 0) is 56.3 Å². The molecule has 4 rings (SSSR count). The molecular weight excluding hydrogens is 438 g/mol. The maximum atomic E-state index is 12.8. The van der Waals surface area contributed by atoms with E-state index in [2.05, 4.69) is 63.1 Å². The Bertz CT molecular complexity index is 1200. The molecule has 1 aliphatic rings. The molecule has 0 bridgehead atoms. The Kier molecular flexibility index (Phi) is 8.21. The highest BCUT2D eigenvalue weighted by Crippen LogP contribution is 2.22. The van der Waals surface area contributed by atoms with Crippen molar-refractivity contribution in [3.05, 3.63) is 70.0 Å². The number of nitrogens with zero attached hydrogens (tertiary/aromatic N) is 3. The molecule has 1 fully saturated rings. The summed E-state index contributed by atoms with van der Waals surface area (Å²) in [5.41, 5.74) is 4.51. The zero-order valence-corrected chi connectivity index (χ0v) is 21.1. The number of benzene rings is 2. The van der Waals surface area contributed by atoms with Gasteiger partial charge in [-0.25, -0.2) is 0 Å². The number of aryl methyl sites for hydroxylation is 1. The molecule has 2 N–H and O–H groups in total. The molecule has 186 valence electrons. The van der Waals surface area contributed by atoms with Gasteiger partial charge in [-0.3, -0.25) is 14.5 Å². The molecule has 0 atom stereocenters. The van der Waals surface area contributed by atoms with E-state index < -0.39 is 0 Å². The Morgan fingerprint density at radius 3 is 2.43 bits per heavy atom. The largest absolute Gasteiger partial charge is 0.369 e. The van der Waals surface area contributed by atoms with Crippen LogP contribution < -0.4 is 15.8 Å². The number of carbonyl (C=O) groups excluding carboxylic acids is 1. The summed E-state index contributed by atoms with van der Waals surface area (Å²) in [5.74, 6) is -0.0348. The number of para-hydroxylation sites is 1. The second kappa shape index (κ2) is 11.5. The van der Waals surface area contributed by atoms with Crippen LogP contribution in [0.3, 0.4) is 0 Å². The van der Waals surface area contributed by atoms with E-state index in [0.29, 0.717) is 12.2 Å².